The molecule has 0 bridgehead atoms. The van der Waals surface area contributed by atoms with Gasteiger partial charge in [-0.1, -0.05) is 0 Å². The van der Waals surface area contributed by atoms with Crippen molar-refractivity contribution in [3.05, 3.63) is 27.6 Å². The molecule has 1 N–H and O–H groups in total. The fraction of sp³-hybridized carbons (Fsp3) is 0.364. The van der Waals surface area contributed by atoms with Crippen molar-refractivity contribution in [3.63, 3.8) is 0 Å². The second kappa shape index (κ2) is 5.18. The summed E-state index contributed by atoms with van der Waals surface area (Å²) in [6.45, 7) is 2.26. The second-order valence-electron chi connectivity index (χ2n) is 3.70. The van der Waals surface area contributed by atoms with Gasteiger partial charge in [0.2, 0.25) is 0 Å². The van der Waals surface area contributed by atoms with Gasteiger partial charge in [0.05, 0.1) is 18.7 Å². The Balaban J connectivity index is 2.21. The lowest BCUT2D eigenvalue weighted by atomic mass is 10.4. The number of hydrogen-bond acceptors (Lipinski definition) is 5. The van der Waals surface area contributed by atoms with Crippen molar-refractivity contribution >= 4 is 27.6 Å². The largest absolute Gasteiger partial charge is 0.450 e. The Morgan fingerprint density at radius 2 is 2.39 bits per heavy atom. The van der Waals surface area contributed by atoms with Gasteiger partial charge in [0, 0.05) is 7.05 Å². The summed E-state index contributed by atoms with van der Waals surface area (Å²) in [6, 6.07) is 1.78. The Morgan fingerprint density at radius 3 is 3.11 bits per heavy atom. The lowest BCUT2D eigenvalue weighted by molar-refractivity contribution is 0.113. The third-order valence-corrected chi connectivity index (χ3v) is 3.23. The van der Waals surface area contributed by atoms with Crippen LogP contribution in [0.2, 0.25) is 0 Å². The molecule has 0 aliphatic rings. The van der Waals surface area contributed by atoms with E-state index >= 15 is 0 Å². The summed E-state index contributed by atoms with van der Waals surface area (Å²) in [5.74, 6) is 0.446. The topological polar surface area (TPSA) is 75.3 Å². The van der Waals surface area contributed by atoms with Crippen LogP contribution in [0.15, 0.2) is 16.2 Å². The average molecular weight is 267 g/mol. The van der Waals surface area contributed by atoms with Crippen molar-refractivity contribution in [2.24, 2.45) is 0 Å². The van der Waals surface area contributed by atoms with Crippen molar-refractivity contribution in [2.45, 2.75) is 13.5 Å². The van der Waals surface area contributed by atoms with E-state index in [1.807, 2.05) is 5.38 Å². The van der Waals surface area contributed by atoms with E-state index in [2.05, 4.69) is 9.97 Å². The van der Waals surface area contributed by atoms with Crippen molar-refractivity contribution in [1.29, 1.82) is 0 Å². The van der Waals surface area contributed by atoms with Gasteiger partial charge in [0.15, 0.2) is 0 Å². The Labute approximate surface area is 107 Å². The standard InChI is InChI=1S/C11H13N3O3S/c1-3-17-11(16)14(2)6-8-12-7-4-5-18-9(7)10(15)13-8/h4-5H,3,6H2,1-2H3,(H,12,13,15). The smallest absolute Gasteiger partial charge is 0.409 e. The van der Waals surface area contributed by atoms with Crippen LogP contribution >= 0.6 is 11.3 Å². The summed E-state index contributed by atoms with van der Waals surface area (Å²) in [5.41, 5.74) is 0.471. The predicted molar refractivity (Wildman–Crippen MR) is 68.7 cm³/mol. The minimum atomic E-state index is -0.439. The molecular formula is C11H13N3O3S. The highest BCUT2D eigenvalue weighted by molar-refractivity contribution is 7.17. The molecule has 0 atom stereocenters. The van der Waals surface area contributed by atoms with E-state index in [0.717, 1.165) is 0 Å². The molecule has 0 spiro atoms. The summed E-state index contributed by atoms with van der Waals surface area (Å²) >= 11 is 1.34. The molecule has 0 radical (unpaired) electrons. The molecule has 2 aromatic heterocycles. The third kappa shape index (κ3) is 2.51. The molecular weight excluding hydrogens is 254 g/mol. The summed E-state index contributed by atoms with van der Waals surface area (Å²) in [5, 5.41) is 1.81. The first-order chi connectivity index (χ1) is 8.61. The summed E-state index contributed by atoms with van der Waals surface area (Å²) < 4.78 is 5.44. The number of hydrogen-bond donors (Lipinski definition) is 1. The molecule has 0 aromatic carbocycles. The molecule has 6 nitrogen and oxygen atoms in total. The zero-order chi connectivity index (χ0) is 13.1. The predicted octanol–water partition coefficient (Wildman–Crippen LogP) is 1.57. The highest BCUT2D eigenvalue weighted by Gasteiger charge is 2.12. The highest BCUT2D eigenvalue weighted by atomic mass is 32.1. The minimum Gasteiger partial charge on any atom is -0.450 e. The first-order valence-electron chi connectivity index (χ1n) is 5.46. The van der Waals surface area contributed by atoms with Gasteiger partial charge in [0.1, 0.15) is 10.5 Å². The molecule has 18 heavy (non-hydrogen) atoms. The molecule has 7 heteroatoms. The minimum absolute atomic E-state index is 0.178. The highest BCUT2D eigenvalue weighted by Crippen LogP contribution is 2.14. The zero-order valence-electron chi connectivity index (χ0n) is 10.1. The van der Waals surface area contributed by atoms with Crippen LogP contribution in [-0.4, -0.2) is 34.6 Å². The van der Waals surface area contributed by atoms with Crippen LogP contribution < -0.4 is 5.56 Å². The van der Waals surface area contributed by atoms with E-state index in [0.29, 0.717) is 22.6 Å². The number of nitrogens with one attached hydrogen (secondary N) is 1. The monoisotopic (exact) mass is 267 g/mol. The molecule has 0 unspecified atom stereocenters. The number of aromatic amines is 1. The number of thiophene rings is 1. The molecule has 0 saturated carbocycles. The molecule has 96 valence electrons. The van der Waals surface area contributed by atoms with E-state index in [1.54, 1.807) is 20.0 Å². The first kappa shape index (κ1) is 12.6. The van der Waals surface area contributed by atoms with Crippen molar-refractivity contribution in [3.8, 4) is 0 Å². The molecule has 2 heterocycles. The van der Waals surface area contributed by atoms with E-state index < -0.39 is 6.09 Å². The zero-order valence-corrected chi connectivity index (χ0v) is 10.9. The van der Waals surface area contributed by atoms with Crippen LogP contribution in [-0.2, 0) is 11.3 Å². The Morgan fingerprint density at radius 1 is 1.61 bits per heavy atom. The Hall–Kier alpha value is -1.89. The molecule has 2 aromatic rings. The summed E-state index contributed by atoms with van der Waals surface area (Å²) in [7, 11) is 1.59. The number of nitrogens with zero attached hydrogens (tertiary/aromatic N) is 2. The fourth-order valence-corrected chi connectivity index (χ4v) is 2.24. The quantitative estimate of drug-likeness (QED) is 0.916. The fourth-order valence-electron chi connectivity index (χ4n) is 1.52. The maximum absolute atomic E-state index is 11.7. The van der Waals surface area contributed by atoms with E-state index in [-0.39, 0.29) is 12.1 Å². The van der Waals surface area contributed by atoms with Crippen LogP contribution in [0.4, 0.5) is 4.79 Å². The number of carbonyl (C=O) groups is 1. The van der Waals surface area contributed by atoms with Gasteiger partial charge in [-0.25, -0.2) is 9.78 Å². The summed E-state index contributed by atoms with van der Waals surface area (Å²) in [4.78, 5) is 31.5. The van der Waals surface area contributed by atoms with Crippen LogP contribution in [0.1, 0.15) is 12.7 Å². The van der Waals surface area contributed by atoms with Gasteiger partial charge in [0.25, 0.3) is 5.56 Å². The lowest BCUT2D eigenvalue weighted by Gasteiger charge is -2.15. The number of fused-ring (bicyclic) bond motifs is 1. The van der Waals surface area contributed by atoms with Gasteiger partial charge in [-0.3, -0.25) is 4.79 Å². The number of H-pyrrole nitrogens is 1. The van der Waals surface area contributed by atoms with Gasteiger partial charge in [-0.15, -0.1) is 11.3 Å². The SMILES string of the molecule is CCOC(=O)N(C)Cc1nc2ccsc2c(=O)[nH]1. The molecule has 2 rings (SSSR count). The molecule has 0 aliphatic carbocycles. The Kier molecular flexibility index (Phi) is 3.61. The van der Waals surface area contributed by atoms with Crippen molar-refractivity contribution in [2.75, 3.05) is 13.7 Å². The van der Waals surface area contributed by atoms with E-state index in [4.69, 9.17) is 4.74 Å². The van der Waals surface area contributed by atoms with E-state index in [1.165, 1.54) is 16.2 Å². The van der Waals surface area contributed by atoms with Crippen molar-refractivity contribution in [1.82, 2.24) is 14.9 Å². The van der Waals surface area contributed by atoms with Crippen LogP contribution in [0.5, 0.6) is 0 Å². The number of aromatic nitrogens is 2. The molecule has 1 amide bonds. The number of ether oxygens (including phenoxy) is 1. The maximum Gasteiger partial charge on any atom is 0.409 e. The van der Waals surface area contributed by atoms with Crippen LogP contribution in [0, 0.1) is 0 Å². The molecule has 0 saturated heterocycles. The average Bonchev–Trinajstić information content (AvgIpc) is 2.77. The molecule has 0 fully saturated rings. The van der Waals surface area contributed by atoms with Gasteiger partial charge < -0.3 is 14.6 Å². The van der Waals surface area contributed by atoms with Crippen molar-refractivity contribution < 1.29 is 9.53 Å². The number of carbonyl (C=O) groups excluding carboxylic acids is 1. The first-order valence-corrected chi connectivity index (χ1v) is 6.34. The maximum atomic E-state index is 11.7. The van der Waals surface area contributed by atoms with Crippen LogP contribution in [0.25, 0.3) is 10.2 Å². The lowest BCUT2D eigenvalue weighted by Crippen LogP contribution is -2.28. The van der Waals surface area contributed by atoms with Crippen LogP contribution in [0.3, 0.4) is 0 Å². The molecule has 0 aliphatic heterocycles. The Bertz CT molecular complexity index is 619. The normalized spacial score (nSPS) is 10.6. The van der Waals surface area contributed by atoms with Gasteiger partial charge in [-0.2, -0.15) is 0 Å². The van der Waals surface area contributed by atoms with Gasteiger partial charge in [-0.05, 0) is 18.4 Å². The second-order valence-corrected chi connectivity index (χ2v) is 4.62. The number of amides is 1. The number of rotatable bonds is 3. The van der Waals surface area contributed by atoms with Gasteiger partial charge >= 0.3 is 6.09 Å². The third-order valence-electron chi connectivity index (χ3n) is 2.33. The van der Waals surface area contributed by atoms with E-state index in [9.17, 15) is 9.59 Å². The summed E-state index contributed by atoms with van der Waals surface area (Å²) in [6.07, 6.45) is -0.439.